The molecule has 0 aliphatic heterocycles. The molecule has 0 saturated heterocycles. The van der Waals surface area contributed by atoms with Crippen LogP contribution in [-0.2, 0) is 4.79 Å². The highest BCUT2D eigenvalue weighted by Gasteiger charge is 2.17. The molecule has 0 aliphatic rings. The smallest absolute Gasteiger partial charge is 0.237 e. The number of hydrogen-bond donors (Lipinski definition) is 1. The second-order valence-electron chi connectivity index (χ2n) is 3.99. The summed E-state index contributed by atoms with van der Waals surface area (Å²) in [5.41, 5.74) is 0.978. The van der Waals surface area contributed by atoms with Gasteiger partial charge in [-0.3, -0.25) is 4.79 Å². The van der Waals surface area contributed by atoms with E-state index in [9.17, 15) is 4.79 Å². The minimum atomic E-state index is -0.311. The lowest BCUT2D eigenvalue weighted by Crippen LogP contribution is -2.22. The summed E-state index contributed by atoms with van der Waals surface area (Å²) in [6, 6.07) is 8.97. The highest BCUT2D eigenvalue weighted by molar-refractivity contribution is 8.02. The van der Waals surface area contributed by atoms with Gasteiger partial charge in [-0.2, -0.15) is 5.26 Å². The van der Waals surface area contributed by atoms with Gasteiger partial charge in [0.05, 0.1) is 16.5 Å². The maximum Gasteiger partial charge on any atom is 0.237 e. The van der Waals surface area contributed by atoms with Gasteiger partial charge in [0.25, 0.3) is 0 Å². The van der Waals surface area contributed by atoms with Crippen molar-refractivity contribution in [1.29, 1.82) is 5.26 Å². The second kappa shape index (κ2) is 6.50. The normalized spacial score (nSPS) is 11.7. The predicted molar refractivity (Wildman–Crippen MR) is 79.8 cm³/mol. The molecule has 1 unspecified atom stereocenters. The van der Waals surface area contributed by atoms with Gasteiger partial charge in [-0.05, 0) is 26.0 Å². The number of nitrogens with one attached hydrogen (secondary N) is 1. The van der Waals surface area contributed by atoms with E-state index in [4.69, 9.17) is 5.26 Å². The first kappa shape index (κ1) is 14.5. The first-order chi connectivity index (χ1) is 9.60. The van der Waals surface area contributed by atoms with Crippen molar-refractivity contribution in [2.24, 2.45) is 0 Å². The van der Waals surface area contributed by atoms with Crippen molar-refractivity contribution in [2.75, 3.05) is 5.32 Å². The third-order valence-electron chi connectivity index (χ3n) is 2.46. The summed E-state index contributed by atoms with van der Waals surface area (Å²) in [4.78, 5) is 12.1. The van der Waals surface area contributed by atoms with Crippen LogP contribution in [0.15, 0.2) is 28.6 Å². The van der Waals surface area contributed by atoms with E-state index in [1.54, 1.807) is 31.2 Å². The lowest BCUT2D eigenvalue weighted by molar-refractivity contribution is -0.115. The summed E-state index contributed by atoms with van der Waals surface area (Å²) < 4.78 is 0.763. The Kier molecular flexibility index (Phi) is 4.71. The van der Waals surface area contributed by atoms with E-state index in [2.05, 4.69) is 21.6 Å². The molecule has 1 aromatic carbocycles. The molecule has 0 radical (unpaired) electrons. The van der Waals surface area contributed by atoms with E-state index in [0.29, 0.717) is 11.3 Å². The number of aromatic nitrogens is 2. The van der Waals surface area contributed by atoms with Crippen molar-refractivity contribution in [3.8, 4) is 6.07 Å². The maximum absolute atomic E-state index is 12.1. The lowest BCUT2D eigenvalue weighted by atomic mass is 10.2. The molecule has 1 N–H and O–H groups in total. The van der Waals surface area contributed by atoms with E-state index >= 15 is 0 Å². The first-order valence-electron chi connectivity index (χ1n) is 5.87. The fourth-order valence-corrected chi connectivity index (χ4v) is 3.41. The largest absolute Gasteiger partial charge is 0.324 e. The Morgan fingerprint density at radius 1 is 1.45 bits per heavy atom. The minimum Gasteiger partial charge on any atom is -0.324 e. The van der Waals surface area contributed by atoms with Gasteiger partial charge >= 0.3 is 0 Å². The van der Waals surface area contributed by atoms with Crippen LogP contribution in [0.1, 0.15) is 17.5 Å². The molecular formula is C13H12N4OS2. The molecule has 20 heavy (non-hydrogen) atoms. The Labute approximate surface area is 125 Å². The highest BCUT2D eigenvalue weighted by Crippen LogP contribution is 2.27. The number of anilines is 1. The summed E-state index contributed by atoms with van der Waals surface area (Å²) in [5.74, 6) is -0.162. The molecule has 0 saturated carbocycles. The fraction of sp³-hybridized carbons (Fsp3) is 0.231. The van der Waals surface area contributed by atoms with Crippen LogP contribution in [-0.4, -0.2) is 21.4 Å². The van der Waals surface area contributed by atoms with Crippen LogP contribution in [0, 0.1) is 18.3 Å². The van der Waals surface area contributed by atoms with E-state index in [-0.39, 0.29) is 11.2 Å². The Morgan fingerprint density at radius 3 is 2.85 bits per heavy atom. The van der Waals surface area contributed by atoms with E-state index in [1.165, 1.54) is 23.1 Å². The highest BCUT2D eigenvalue weighted by atomic mass is 32.2. The van der Waals surface area contributed by atoms with Crippen molar-refractivity contribution < 1.29 is 4.79 Å². The van der Waals surface area contributed by atoms with Crippen molar-refractivity contribution in [3.05, 3.63) is 34.8 Å². The van der Waals surface area contributed by atoms with Crippen LogP contribution in [0.2, 0.25) is 0 Å². The summed E-state index contributed by atoms with van der Waals surface area (Å²) in [7, 11) is 0. The number of carbonyl (C=O) groups is 1. The Hall–Kier alpha value is -1.91. The fourth-order valence-electron chi connectivity index (χ4n) is 1.45. The van der Waals surface area contributed by atoms with Gasteiger partial charge in [-0.15, -0.1) is 10.2 Å². The molecule has 0 spiro atoms. The third-order valence-corrected chi connectivity index (χ3v) is 4.48. The Balaban J connectivity index is 2.02. The quantitative estimate of drug-likeness (QED) is 0.879. The van der Waals surface area contributed by atoms with Gasteiger partial charge in [-0.1, -0.05) is 35.2 Å². The molecule has 0 fully saturated rings. The summed E-state index contributed by atoms with van der Waals surface area (Å²) in [6.07, 6.45) is 0. The van der Waals surface area contributed by atoms with Gasteiger partial charge in [0, 0.05) is 0 Å². The van der Waals surface area contributed by atoms with Crippen LogP contribution in [0.4, 0.5) is 5.69 Å². The molecule has 1 aromatic heterocycles. The van der Waals surface area contributed by atoms with E-state index in [0.717, 1.165) is 9.35 Å². The lowest BCUT2D eigenvalue weighted by Gasteiger charge is -2.11. The first-order valence-corrected chi connectivity index (χ1v) is 7.56. The minimum absolute atomic E-state index is 0.162. The number of hydrogen-bond acceptors (Lipinski definition) is 6. The van der Waals surface area contributed by atoms with Gasteiger partial charge in [-0.25, -0.2) is 0 Å². The van der Waals surface area contributed by atoms with E-state index < -0.39 is 0 Å². The molecule has 1 atom stereocenters. The standard InChI is InChI=1S/C13H12N4OS2/c1-8(19-13-17-16-9(2)20-13)12(18)15-11-6-4-3-5-10(11)7-14/h3-6,8H,1-2H3,(H,15,18). The average Bonchev–Trinajstić information content (AvgIpc) is 2.84. The molecule has 2 rings (SSSR count). The zero-order valence-corrected chi connectivity index (χ0v) is 12.6. The molecule has 1 amide bonds. The van der Waals surface area contributed by atoms with Gasteiger partial charge in [0.1, 0.15) is 11.1 Å². The topological polar surface area (TPSA) is 78.7 Å². The molecular weight excluding hydrogens is 292 g/mol. The van der Waals surface area contributed by atoms with Gasteiger partial charge in [0.15, 0.2) is 4.34 Å². The SMILES string of the molecule is Cc1nnc(SC(C)C(=O)Nc2ccccc2C#N)s1. The Morgan fingerprint density at radius 2 is 2.20 bits per heavy atom. The van der Waals surface area contributed by atoms with Crippen LogP contribution in [0.5, 0.6) is 0 Å². The zero-order valence-electron chi connectivity index (χ0n) is 11.0. The van der Waals surface area contributed by atoms with Crippen LogP contribution in [0.3, 0.4) is 0 Å². The number of benzene rings is 1. The summed E-state index contributed by atoms with van der Waals surface area (Å²) in [6.45, 7) is 3.67. The monoisotopic (exact) mass is 304 g/mol. The third kappa shape index (κ3) is 3.56. The number of nitriles is 1. The molecule has 1 heterocycles. The van der Waals surface area contributed by atoms with Gasteiger partial charge in [0.2, 0.25) is 5.91 Å². The molecule has 5 nitrogen and oxygen atoms in total. The van der Waals surface area contributed by atoms with Gasteiger partial charge < -0.3 is 5.32 Å². The summed E-state index contributed by atoms with van der Waals surface area (Å²) in [5, 5.41) is 20.2. The molecule has 0 aliphatic carbocycles. The second-order valence-corrected chi connectivity index (χ2v) is 6.76. The van der Waals surface area contributed by atoms with Crippen LogP contribution in [0.25, 0.3) is 0 Å². The molecule has 7 heteroatoms. The number of thioether (sulfide) groups is 1. The molecule has 2 aromatic rings. The van der Waals surface area contributed by atoms with E-state index in [1.807, 2.05) is 6.92 Å². The number of rotatable bonds is 4. The van der Waals surface area contributed by atoms with Crippen molar-refractivity contribution in [1.82, 2.24) is 10.2 Å². The van der Waals surface area contributed by atoms with Crippen LogP contribution < -0.4 is 5.32 Å². The number of nitrogens with zero attached hydrogens (tertiary/aromatic N) is 3. The average molecular weight is 304 g/mol. The van der Waals surface area contributed by atoms with Crippen molar-refractivity contribution >= 4 is 34.7 Å². The Bertz CT molecular complexity index is 662. The van der Waals surface area contributed by atoms with Crippen molar-refractivity contribution in [2.45, 2.75) is 23.4 Å². The predicted octanol–water partition coefficient (Wildman–Crippen LogP) is 2.84. The number of amides is 1. The number of para-hydroxylation sites is 1. The van der Waals surface area contributed by atoms with Crippen LogP contribution >= 0.6 is 23.1 Å². The molecule has 0 bridgehead atoms. The maximum atomic E-state index is 12.1. The summed E-state index contributed by atoms with van der Waals surface area (Å²) >= 11 is 2.81. The number of carbonyl (C=O) groups excluding carboxylic acids is 1. The number of aryl methyl sites for hydroxylation is 1. The molecule has 102 valence electrons. The zero-order chi connectivity index (χ0) is 14.5. The van der Waals surface area contributed by atoms with Crippen molar-refractivity contribution in [3.63, 3.8) is 0 Å².